The summed E-state index contributed by atoms with van der Waals surface area (Å²) in [6.45, 7) is 1.95. The molecule has 1 rings (SSSR count). The van der Waals surface area contributed by atoms with Crippen LogP contribution in [-0.4, -0.2) is 18.2 Å². The molecular weight excluding hydrogens is 192 g/mol. The molecule has 0 atom stereocenters. The second kappa shape index (κ2) is 5.20. The second-order valence-corrected chi connectivity index (χ2v) is 3.23. The normalized spacial score (nSPS) is 10.5. The number of hydrogen-bond acceptors (Lipinski definition) is 2. The van der Waals surface area contributed by atoms with Crippen LogP contribution in [0.2, 0.25) is 0 Å². The van der Waals surface area contributed by atoms with Gasteiger partial charge in [0.05, 0.1) is 13.5 Å². The van der Waals surface area contributed by atoms with Crippen molar-refractivity contribution in [2.45, 2.75) is 13.3 Å². The van der Waals surface area contributed by atoms with Crippen LogP contribution in [0.15, 0.2) is 24.3 Å². The molecule has 0 unspecified atom stereocenters. The van der Waals surface area contributed by atoms with Crippen molar-refractivity contribution in [1.29, 1.82) is 0 Å². The molecule has 0 saturated carbocycles. The molecule has 0 aliphatic carbocycles. The number of ether oxygens (including phenoxy) is 1. The Kier molecular flexibility index (Phi) is 3.92. The molecule has 0 radical (unpaired) electrons. The Morgan fingerprint density at radius 2 is 2.27 bits per heavy atom. The van der Waals surface area contributed by atoms with Gasteiger partial charge in [-0.2, -0.15) is 0 Å². The quantitative estimate of drug-likeness (QED) is 0.823. The summed E-state index contributed by atoms with van der Waals surface area (Å²) < 4.78 is 5.12. The number of methoxy groups -OCH3 is 1. The first-order valence-corrected chi connectivity index (χ1v) is 4.66. The summed E-state index contributed by atoms with van der Waals surface area (Å²) in [6.07, 6.45) is 3.47. The standard InChI is InChI=1S/C12H14O3/c1-9-8-10(4-3-5-12(13)14)6-7-11(9)15-2/h3-4,6-8H,5H2,1-2H3,(H,13,14)/b4-3+. The molecule has 0 amide bonds. The Balaban J connectivity index is 2.75. The van der Waals surface area contributed by atoms with Crippen LogP contribution >= 0.6 is 0 Å². The fraction of sp³-hybridized carbons (Fsp3) is 0.250. The molecule has 0 aliphatic heterocycles. The van der Waals surface area contributed by atoms with Gasteiger partial charge in [-0.05, 0) is 30.2 Å². The molecule has 0 fully saturated rings. The number of carboxylic acids is 1. The molecule has 15 heavy (non-hydrogen) atoms. The third-order valence-electron chi connectivity index (χ3n) is 2.02. The van der Waals surface area contributed by atoms with E-state index in [9.17, 15) is 4.79 Å². The molecule has 0 heterocycles. The van der Waals surface area contributed by atoms with Crippen molar-refractivity contribution < 1.29 is 14.6 Å². The molecule has 0 aliphatic rings. The zero-order valence-corrected chi connectivity index (χ0v) is 8.86. The molecule has 3 nitrogen and oxygen atoms in total. The average Bonchev–Trinajstić information content (AvgIpc) is 2.17. The Morgan fingerprint density at radius 1 is 1.53 bits per heavy atom. The van der Waals surface area contributed by atoms with E-state index < -0.39 is 5.97 Å². The first-order valence-electron chi connectivity index (χ1n) is 4.66. The minimum Gasteiger partial charge on any atom is -0.496 e. The van der Waals surface area contributed by atoms with Gasteiger partial charge < -0.3 is 9.84 Å². The zero-order valence-electron chi connectivity index (χ0n) is 8.86. The van der Waals surface area contributed by atoms with E-state index in [0.717, 1.165) is 16.9 Å². The fourth-order valence-corrected chi connectivity index (χ4v) is 1.30. The molecule has 0 bridgehead atoms. The van der Waals surface area contributed by atoms with E-state index in [2.05, 4.69) is 0 Å². The lowest BCUT2D eigenvalue weighted by Crippen LogP contribution is -1.90. The Morgan fingerprint density at radius 3 is 2.80 bits per heavy atom. The highest BCUT2D eigenvalue weighted by molar-refractivity contribution is 5.70. The highest BCUT2D eigenvalue weighted by Crippen LogP contribution is 2.19. The van der Waals surface area contributed by atoms with Crippen LogP contribution in [0, 0.1) is 6.92 Å². The maximum absolute atomic E-state index is 10.3. The summed E-state index contributed by atoms with van der Waals surface area (Å²) in [7, 11) is 1.63. The summed E-state index contributed by atoms with van der Waals surface area (Å²) >= 11 is 0. The number of aliphatic carboxylic acids is 1. The average molecular weight is 206 g/mol. The van der Waals surface area contributed by atoms with Crippen molar-refractivity contribution in [2.24, 2.45) is 0 Å². The van der Waals surface area contributed by atoms with E-state index >= 15 is 0 Å². The van der Waals surface area contributed by atoms with Crippen LogP contribution in [0.3, 0.4) is 0 Å². The smallest absolute Gasteiger partial charge is 0.307 e. The lowest BCUT2D eigenvalue weighted by Gasteiger charge is -2.04. The predicted molar refractivity (Wildman–Crippen MR) is 59.0 cm³/mol. The van der Waals surface area contributed by atoms with Gasteiger partial charge in [-0.25, -0.2) is 0 Å². The van der Waals surface area contributed by atoms with Crippen LogP contribution in [0.5, 0.6) is 5.75 Å². The molecule has 1 N–H and O–H groups in total. The van der Waals surface area contributed by atoms with Crippen molar-refractivity contribution in [1.82, 2.24) is 0 Å². The minimum absolute atomic E-state index is 0.0467. The molecule has 3 heteroatoms. The molecule has 0 aromatic heterocycles. The van der Waals surface area contributed by atoms with E-state index in [1.165, 1.54) is 0 Å². The summed E-state index contributed by atoms with van der Waals surface area (Å²) in [4.78, 5) is 10.3. The molecule has 1 aromatic rings. The molecular formula is C12H14O3. The maximum atomic E-state index is 10.3. The van der Waals surface area contributed by atoms with E-state index in [0.29, 0.717) is 0 Å². The van der Waals surface area contributed by atoms with E-state index in [-0.39, 0.29) is 6.42 Å². The van der Waals surface area contributed by atoms with Crippen molar-refractivity contribution >= 4 is 12.0 Å². The Labute approximate surface area is 89.0 Å². The van der Waals surface area contributed by atoms with E-state index in [1.807, 2.05) is 25.1 Å². The predicted octanol–water partition coefficient (Wildman–Crippen LogP) is 2.49. The summed E-state index contributed by atoms with van der Waals surface area (Å²) in [5, 5.41) is 8.46. The first-order chi connectivity index (χ1) is 7.13. The second-order valence-electron chi connectivity index (χ2n) is 3.23. The third kappa shape index (κ3) is 3.46. The van der Waals surface area contributed by atoms with Crippen LogP contribution in [0.25, 0.3) is 6.08 Å². The maximum Gasteiger partial charge on any atom is 0.307 e. The topological polar surface area (TPSA) is 46.5 Å². The molecule has 80 valence electrons. The third-order valence-corrected chi connectivity index (χ3v) is 2.02. The van der Waals surface area contributed by atoms with Crippen molar-refractivity contribution in [3.8, 4) is 5.75 Å². The number of carbonyl (C=O) groups is 1. The number of aryl methyl sites for hydroxylation is 1. The summed E-state index contributed by atoms with van der Waals surface area (Å²) in [5.41, 5.74) is 2.02. The fourth-order valence-electron chi connectivity index (χ4n) is 1.30. The van der Waals surface area contributed by atoms with Gasteiger partial charge >= 0.3 is 5.97 Å². The van der Waals surface area contributed by atoms with Gasteiger partial charge in [0.15, 0.2) is 0 Å². The van der Waals surface area contributed by atoms with Crippen molar-refractivity contribution in [2.75, 3.05) is 7.11 Å². The van der Waals surface area contributed by atoms with Crippen LogP contribution < -0.4 is 4.74 Å². The van der Waals surface area contributed by atoms with E-state index in [1.54, 1.807) is 19.3 Å². The molecule has 0 saturated heterocycles. The van der Waals surface area contributed by atoms with Crippen LogP contribution in [-0.2, 0) is 4.79 Å². The van der Waals surface area contributed by atoms with Gasteiger partial charge in [0.2, 0.25) is 0 Å². The highest BCUT2D eigenvalue weighted by atomic mass is 16.5. The van der Waals surface area contributed by atoms with Gasteiger partial charge in [0.25, 0.3) is 0 Å². The Bertz CT molecular complexity index is 380. The summed E-state index contributed by atoms with van der Waals surface area (Å²) in [5.74, 6) is 0.0156. The van der Waals surface area contributed by atoms with Gasteiger partial charge in [-0.3, -0.25) is 4.79 Å². The van der Waals surface area contributed by atoms with Crippen molar-refractivity contribution in [3.05, 3.63) is 35.4 Å². The monoisotopic (exact) mass is 206 g/mol. The lowest BCUT2D eigenvalue weighted by atomic mass is 10.1. The minimum atomic E-state index is -0.823. The summed E-state index contributed by atoms with van der Waals surface area (Å²) in [6, 6.07) is 5.72. The lowest BCUT2D eigenvalue weighted by molar-refractivity contribution is -0.135. The zero-order chi connectivity index (χ0) is 11.3. The first kappa shape index (κ1) is 11.3. The van der Waals surface area contributed by atoms with Gasteiger partial charge in [0, 0.05) is 0 Å². The number of carboxylic acid groups (broad SMARTS) is 1. The van der Waals surface area contributed by atoms with Crippen LogP contribution in [0.4, 0.5) is 0 Å². The Hall–Kier alpha value is -1.77. The number of rotatable bonds is 4. The van der Waals surface area contributed by atoms with Gasteiger partial charge in [-0.15, -0.1) is 0 Å². The number of hydrogen-bond donors (Lipinski definition) is 1. The largest absolute Gasteiger partial charge is 0.496 e. The van der Waals surface area contributed by atoms with Crippen molar-refractivity contribution in [3.63, 3.8) is 0 Å². The highest BCUT2D eigenvalue weighted by Gasteiger charge is 1.97. The van der Waals surface area contributed by atoms with E-state index in [4.69, 9.17) is 9.84 Å². The molecule has 1 aromatic carbocycles. The van der Waals surface area contributed by atoms with Gasteiger partial charge in [-0.1, -0.05) is 18.2 Å². The molecule has 0 spiro atoms. The van der Waals surface area contributed by atoms with Crippen LogP contribution in [0.1, 0.15) is 17.5 Å². The van der Waals surface area contributed by atoms with Gasteiger partial charge in [0.1, 0.15) is 5.75 Å². The SMILES string of the molecule is COc1ccc(/C=C/CC(=O)O)cc1C. The number of benzene rings is 1.